The van der Waals surface area contributed by atoms with Crippen LogP contribution in [0, 0.1) is 5.41 Å². The predicted octanol–water partition coefficient (Wildman–Crippen LogP) is 2.75. The molecular formula is C15H19Cl2N3O. The van der Waals surface area contributed by atoms with E-state index in [4.69, 9.17) is 23.2 Å². The van der Waals surface area contributed by atoms with Gasteiger partial charge in [0.1, 0.15) is 10.2 Å². The average molecular weight is 328 g/mol. The maximum atomic E-state index is 12.3. The summed E-state index contributed by atoms with van der Waals surface area (Å²) >= 11 is 12.1. The summed E-state index contributed by atoms with van der Waals surface area (Å²) in [7, 11) is 0. The van der Waals surface area contributed by atoms with Crippen LogP contribution in [0.1, 0.15) is 26.2 Å². The van der Waals surface area contributed by atoms with E-state index in [9.17, 15) is 4.79 Å². The Labute approximate surface area is 134 Å². The summed E-state index contributed by atoms with van der Waals surface area (Å²) in [5.74, 6) is 0.973. The Hall–Kier alpha value is -1.000. The molecule has 1 amide bonds. The molecule has 3 rings (SSSR count). The van der Waals surface area contributed by atoms with Crippen molar-refractivity contribution in [3.63, 3.8) is 0 Å². The van der Waals surface area contributed by atoms with Gasteiger partial charge in [-0.3, -0.25) is 4.79 Å². The smallest absolute Gasteiger partial charge is 0.229 e. The molecule has 6 heteroatoms. The van der Waals surface area contributed by atoms with Gasteiger partial charge in [-0.05, 0) is 38.3 Å². The molecule has 2 fully saturated rings. The molecular weight excluding hydrogens is 309 g/mol. The summed E-state index contributed by atoms with van der Waals surface area (Å²) in [5, 5.41) is 3.09. The third-order valence-corrected chi connectivity index (χ3v) is 5.66. The van der Waals surface area contributed by atoms with Crippen molar-refractivity contribution in [2.75, 3.05) is 18.0 Å². The van der Waals surface area contributed by atoms with E-state index in [0.29, 0.717) is 6.42 Å². The van der Waals surface area contributed by atoms with E-state index >= 15 is 0 Å². The van der Waals surface area contributed by atoms with Gasteiger partial charge in [0.2, 0.25) is 5.91 Å². The second-order valence-corrected chi connectivity index (χ2v) is 7.62. The van der Waals surface area contributed by atoms with Gasteiger partial charge in [-0.15, -0.1) is 23.2 Å². The Balaban J connectivity index is 1.52. The van der Waals surface area contributed by atoms with Gasteiger partial charge in [0.15, 0.2) is 0 Å². The molecule has 1 aliphatic heterocycles. The highest BCUT2D eigenvalue weighted by atomic mass is 35.5. The van der Waals surface area contributed by atoms with Gasteiger partial charge in [0.25, 0.3) is 0 Å². The van der Waals surface area contributed by atoms with Crippen LogP contribution in [0.4, 0.5) is 5.82 Å². The zero-order valence-corrected chi connectivity index (χ0v) is 13.5. The number of nitrogens with zero attached hydrogens (tertiary/aromatic N) is 2. The molecule has 4 nitrogen and oxygen atoms in total. The lowest BCUT2D eigenvalue weighted by atomic mass is 10.0. The van der Waals surface area contributed by atoms with Crippen molar-refractivity contribution in [2.45, 2.75) is 36.6 Å². The normalized spacial score (nSPS) is 28.2. The number of alkyl halides is 2. The first-order chi connectivity index (χ1) is 9.92. The van der Waals surface area contributed by atoms with E-state index in [2.05, 4.69) is 15.2 Å². The van der Waals surface area contributed by atoms with Crippen LogP contribution in [0.3, 0.4) is 0 Å². The summed E-state index contributed by atoms with van der Waals surface area (Å²) in [5.41, 5.74) is -0.631. The molecule has 0 aromatic carbocycles. The number of rotatable bonds is 3. The van der Waals surface area contributed by atoms with Crippen LogP contribution in [0.2, 0.25) is 0 Å². The molecule has 1 atom stereocenters. The van der Waals surface area contributed by atoms with Gasteiger partial charge in [0, 0.05) is 25.3 Å². The highest BCUT2D eigenvalue weighted by molar-refractivity contribution is 6.53. The fraction of sp³-hybridized carbons (Fsp3) is 0.600. The molecule has 1 saturated heterocycles. The lowest BCUT2D eigenvalue weighted by Gasteiger charge is -2.33. The van der Waals surface area contributed by atoms with Crippen molar-refractivity contribution in [2.24, 2.45) is 5.41 Å². The van der Waals surface area contributed by atoms with E-state index in [0.717, 1.165) is 31.7 Å². The molecule has 0 radical (unpaired) electrons. The number of nitrogens with one attached hydrogen (secondary N) is 1. The molecule has 1 aromatic heterocycles. The summed E-state index contributed by atoms with van der Waals surface area (Å²) in [6.07, 6.45) is 4.16. The number of anilines is 1. The van der Waals surface area contributed by atoms with E-state index < -0.39 is 9.75 Å². The van der Waals surface area contributed by atoms with Crippen molar-refractivity contribution >= 4 is 34.9 Å². The Morgan fingerprint density at radius 2 is 2.05 bits per heavy atom. The minimum absolute atomic E-state index is 0.0243. The number of hydrogen-bond acceptors (Lipinski definition) is 3. The molecule has 1 aromatic rings. The molecule has 0 unspecified atom stereocenters. The summed E-state index contributed by atoms with van der Waals surface area (Å²) in [6, 6.07) is 6.11. The van der Waals surface area contributed by atoms with Gasteiger partial charge in [0.05, 0.1) is 5.41 Å². The highest BCUT2D eigenvalue weighted by Gasteiger charge is 2.68. The number of hydrogen-bond donors (Lipinski definition) is 1. The van der Waals surface area contributed by atoms with E-state index in [1.165, 1.54) is 0 Å². The largest absolute Gasteiger partial charge is 0.356 e. The van der Waals surface area contributed by atoms with Crippen LogP contribution in [-0.4, -0.2) is 34.4 Å². The Morgan fingerprint density at radius 3 is 2.57 bits per heavy atom. The minimum Gasteiger partial charge on any atom is -0.356 e. The molecule has 114 valence electrons. The van der Waals surface area contributed by atoms with Gasteiger partial charge in [-0.2, -0.15) is 0 Å². The number of amides is 1. The molecule has 0 bridgehead atoms. The van der Waals surface area contributed by atoms with Gasteiger partial charge in [-0.1, -0.05) is 6.07 Å². The van der Waals surface area contributed by atoms with Crippen molar-refractivity contribution in [1.29, 1.82) is 0 Å². The third kappa shape index (κ3) is 2.84. The van der Waals surface area contributed by atoms with Crippen LogP contribution < -0.4 is 10.2 Å². The maximum Gasteiger partial charge on any atom is 0.229 e. The first-order valence-corrected chi connectivity index (χ1v) is 8.03. The average Bonchev–Trinajstić information content (AvgIpc) is 3.01. The van der Waals surface area contributed by atoms with Gasteiger partial charge < -0.3 is 10.2 Å². The molecule has 1 aliphatic carbocycles. The first-order valence-electron chi connectivity index (χ1n) is 7.27. The highest BCUT2D eigenvalue weighted by Crippen LogP contribution is 2.63. The number of carbonyl (C=O) groups is 1. The monoisotopic (exact) mass is 327 g/mol. The van der Waals surface area contributed by atoms with Crippen LogP contribution in [-0.2, 0) is 4.79 Å². The van der Waals surface area contributed by atoms with Crippen molar-refractivity contribution in [1.82, 2.24) is 10.3 Å². The maximum absolute atomic E-state index is 12.3. The van der Waals surface area contributed by atoms with E-state index in [1.807, 2.05) is 25.1 Å². The Bertz CT molecular complexity index is 529. The quantitative estimate of drug-likeness (QED) is 0.868. The lowest BCUT2D eigenvalue weighted by Crippen LogP contribution is -2.47. The SMILES string of the molecule is C[C@]1(C(=O)NC2CCN(c3ccccn3)CC2)CC1(Cl)Cl. The van der Waals surface area contributed by atoms with Crippen LogP contribution >= 0.6 is 23.2 Å². The second kappa shape index (κ2) is 5.33. The Kier molecular flexibility index (Phi) is 3.78. The second-order valence-electron chi connectivity index (χ2n) is 6.14. The molecule has 0 spiro atoms. The predicted molar refractivity (Wildman–Crippen MR) is 84.8 cm³/mol. The standard InChI is InChI=1S/C15H19Cl2N3O/c1-14(10-15(14,16)17)13(21)19-11-5-8-20(9-6-11)12-4-2-3-7-18-12/h2-4,7,11H,5-6,8-10H2,1H3,(H,19,21)/t14-/m1/s1. The molecule has 1 saturated carbocycles. The Morgan fingerprint density at radius 1 is 1.38 bits per heavy atom. The zero-order valence-electron chi connectivity index (χ0n) is 12.0. The van der Waals surface area contributed by atoms with Crippen LogP contribution in [0.5, 0.6) is 0 Å². The number of aromatic nitrogens is 1. The molecule has 2 heterocycles. The fourth-order valence-corrected chi connectivity index (χ4v) is 3.49. The zero-order chi connectivity index (χ0) is 15.1. The lowest BCUT2D eigenvalue weighted by molar-refractivity contribution is -0.126. The van der Waals surface area contributed by atoms with Crippen LogP contribution in [0.15, 0.2) is 24.4 Å². The van der Waals surface area contributed by atoms with E-state index in [1.54, 1.807) is 6.20 Å². The topological polar surface area (TPSA) is 45.2 Å². The summed E-state index contributed by atoms with van der Waals surface area (Å²) in [4.78, 5) is 18.9. The first kappa shape index (κ1) is 14.9. The van der Waals surface area contributed by atoms with Crippen LogP contribution in [0.25, 0.3) is 0 Å². The number of pyridine rings is 1. The number of piperidine rings is 1. The number of halogens is 2. The molecule has 21 heavy (non-hydrogen) atoms. The van der Waals surface area contributed by atoms with Crippen molar-refractivity contribution in [3.05, 3.63) is 24.4 Å². The summed E-state index contributed by atoms with van der Waals surface area (Å²) in [6.45, 7) is 3.61. The van der Waals surface area contributed by atoms with E-state index in [-0.39, 0.29) is 11.9 Å². The van der Waals surface area contributed by atoms with Gasteiger partial charge >= 0.3 is 0 Å². The number of carbonyl (C=O) groups excluding carboxylic acids is 1. The van der Waals surface area contributed by atoms with Crippen molar-refractivity contribution < 1.29 is 4.79 Å². The van der Waals surface area contributed by atoms with Gasteiger partial charge in [-0.25, -0.2) is 4.98 Å². The minimum atomic E-state index is -0.897. The van der Waals surface area contributed by atoms with Crippen molar-refractivity contribution in [3.8, 4) is 0 Å². The fourth-order valence-electron chi connectivity index (χ4n) is 2.78. The summed E-state index contributed by atoms with van der Waals surface area (Å²) < 4.78 is -0.897. The molecule has 2 aliphatic rings. The third-order valence-electron chi connectivity index (χ3n) is 4.56. The molecule has 1 N–H and O–H groups in total.